The van der Waals surface area contributed by atoms with Crippen molar-refractivity contribution in [3.63, 3.8) is 0 Å². The first kappa shape index (κ1) is 17.2. The lowest BCUT2D eigenvalue weighted by atomic mass is 9.77. The Balaban J connectivity index is 2.33. The maximum atomic E-state index is 14.0. The summed E-state index contributed by atoms with van der Waals surface area (Å²) in [6.45, 7) is 8.46. The second-order valence-electron chi connectivity index (χ2n) is 6.57. The highest BCUT2D eigenvalue weighted by Gasteiger charge is 2.52. The Labute approximate surface area is 131 Å². The highest BCUT2D eigenvalue weighted by atomic mass is 19.1. The zero-order valence-corrected chi connectivity index (χ0v) is 13.7. The predicted molar refractivity (Wildman–Crippen MR) is 87.4 cm³/mol. The Morgan fingerprint density at radius 3 is 2.27 bits per heavy atom. The van der Waals surface area contributed by atoms with Crippen LogP contribution in [0.1, 0.15) is 38.8 Å². The average Bonchev–Trinajstić information content (AvgIpc) is 2.66. The van der Waals surface area contributed by atoms with Crippen LogP contribution in [0.4, 0.5) is 4.39 Å². The summed E-state index contributed by atoms with van der Waals surface area (Å²) < 4.78 is 25.9. The summed E-state index contributed by atoms with van der Waals surface area (Å²) in [5.74, 6) is -0.320. The van der Waals surface area contributed by atoms with Crippen molar-refractivity contribution in [2.75, 3.05) is 6.54 Å². The van der Waals surface area contributed by atoms with Crippen LogP contribution >= 0.6 is 0 Å². The molecule has 0 aromatic heterocycles. The first-order valence-electron chi connectivity index (χ1n) is 7.45. The second-order valence-corrected chi connectivity index (χ2v) is 6.57. The second kappa shape index (κ2) is 6.12. The van der Waals surface area contributed by atoms with Crippen LogP contribution in [0.2, 0.25) is 0 Å². The van der Waals surface area contributed by atoms with E-state index in [1.807, 2.05) is 27.7 Å². The van der Waals surface area contributed by atoms with Crippen molar-refractivity contribution in [1.29, 1.82) is 0 Å². The number of halogens is 1. The van der Waals surface area contributed by atoms with E-state index in [0.717, 1.165) is 5.56 Å². The summed E-state index contributed by atoms with van der Waals surface area (Å²) in [4.78, 5) is 0. The molecule has 1 fully saturated rings. The van der Waals surface area contributed by atoms with E-state index in [-0.39, 0.29) is 12.4 Å². The summed E-state index contributed by atoms with van der Waals surface area (Å²) in [7, 11) is -0.573. The normalized spacial score (nSPS) is 20.5. The van der Waals surface area contributed by atoms with E-state index >= 15 is 0 Å². The van der Waals surface area contributed by atoms with Gasteiger partial charge in [-0.2, -0.15) is 0 Å². The molecule has 1 aliphatic rings. The molecule has 22 heavy (non-hydrogen) atoms. The third-order valence-corrected chi connectivity index (χ3v) is 4.43. The maximum Gasteiger partial charge on any atom is 0.491 e. The fourth-order valence-corrected chi connectivity index (χ4v) is 2.25. The monoisotopic (exact) mass is 306 g/mol. The van der Waals surface area contributed by atoms with Crippen LogP contribution < -0.4 is 11.5 Å². The molecule has 1 heterocycles. The zero-order chi connectivity index (χ0) is 16.5. The molecule has 0 amide bonds. The fourth-order valence-electron chi connectivity index (χ4n) is 2.25. The molecule has 0 atom stereocenters. The minimum Gasteiger partial charge on any atom is -0.400 e. The molecule has 0 saturated carbocycles. The van der Waals surface area contributed by atoms with Crippen LogP contribution in [0.3, 0.4) is 0 Å². The van der Waals surface area contributed by atoms with Gasteiger partial charge in [-0.1, -0.05) is 12.1 Å². The molecule has 0 bridgehead atoms. The number of hydrogen-bond acceptors (Lipinski definition) is 4. The molecule has 4 nitrogen and oxygen atoms in total. The number of benzene rings is 1. The minimum absolute atomic E-state index is 0.225. The summed E-state index contributed by atoms with van der Waals surface area (Å²) in [5.41, 5.74) is 12.5. The molecule has 1 aromatic rings. The van der Waals surface area contributed by atoms with Crippen LogP contribution in [0, 0.1) is 5.82 Å². The van der Waals surface area contributed by atoms with E-state index in [2.05, 4.69) is 0 Å². The molecular formula is C16H24BFN2O2. The lowest BCUT2D eigenvalue weighted by Gasteiger charge is -2.32. The lowest BCUT2D eigenvalue weighted by Crippen LogP contribution is -2.41. The van der Waals surface area contributed by atoms with Crippen molar-refractivity contribution in [1.82, 2.24) is 0 Å². The first-order chi connectivity index (χ1) is 10.2. The van der Waals surface area contributed by atoms with Gasteiger partial charge >= 0.3 is 7.12 Å². The smallest absolute Gasteiger partial charge is 0.400 e. The van der Waals surface area contributed by atoms with Gasteiger partial charge in [0.25, 0.3) is 0 Å². The third-order valence-electron chi connectivity index (χ3n) is 4.43. The standard InChI is InChI=1S/C16H24BFN2O2/c1-15(2)16(3,4)22-17(21-15)13(10-20)8-12-7-11(9-19)5-6-14(12)18/h5-8H,9-10,19-20H2,1-4H3. The Morgan fingerprint density at radius 2 is 1.77 bits per heavy atom. The van der Waals surface area contributed by atoms with Gasteiger partial charge in [-0.15, -0.1) is 0 Å². The largest absolute Gasteiger partial charge is 0.491 e. The summed E-state index contributed by atoms with van der Waals surface area (Å²) >= 11 is 0. The van der Waals surface area contributed by atoms with E-state index < -0.39 is 18.3 Å². The highest BCUT2D eigenvalue weighted by molar-refractivity contribution is 6.55. The molecule has 0 radical (unpaired) electrons. The van der Waals surface area contributed by atoms with E-state index in [4.69, 9.17) is 20.8 Å². The van der Waals surface area contributed by atoms with Crippen LogP contribution in [-0.4, -0.2) is 24.9 Å². The van der Waals surface area contributed by atoms with Gasteiger partial charge in [0.2, 0.25) is 0 Å². The molecule has 4 N–H and O–H groups in total. The molecule has 0 aliphatic carbocycles. The van der Waals surface area contributed by atoms with Crippen LogP contribution in [0.15, 0.2) is 23.7 Å². The van der Waals surface area contributed by atoms with Gasteiger partial charge in [0.15, 0.2) is 0 Å². The maximum absolute atomic E-state index is 14.0. The molecular weight excluding hydrogens is 282 g/mol. The van der Waals surface area contributed by atoms with Gasteiger partial charge in [0.05, 0.1) is 11.2 Å². The zero-order valence-electron chi connectivity index (χ0n) is 13.7. The Kier molecular flexibility index (Phi) is 4.77. The van der Waals surface area contributed by atoms with Crippen molar-refractivity contribution in [3.05, 3.63) is 40.6 Å². The summed E-state index contributed by atoms with van der Waals surface area (Å²) in [6.07, 6.45) is 1.69. The predicted octanol–water partition coefficient (Wildman–Crippen LogP) is 2.26. The van der Waals surface area contributed by atoms with Gasteiger partial charge in [0.1, 0.15) is 5.82 Å². The topological polar surface area (TPSA) is 70.5 Å². The number of nitrogens with two attached hydrogens (primary N) is 2. The molecule has 0 unspecified atom stereocenters. The molecule has 1 aromatic carbocycles. The third kappa shape index (κ3) is 3.25. The Hall–Kier alpha value is -1.21. The number of rotatable bonds is 4. The van der Waals surface area contributed by atoms with E-state index in [0.29, 0.717) is 17.6 Å². The summed E-state index contributed by atoms with van der Waals surface area (Å²) in [6, 6.07) is 4.80. The van der Waals surface area contributed by atoms with Crippen LogP contribution in [-0.2, 0) is 15.9 Å². The van der Waals surface area contributed by atoms with Crippen molar-refractivity contribution in [3.8, 4) is 0 Å². The summed E-state index contributed by atoms with van der Waals surface area (Å²) in [5, 5.41) is 0. The molecule has 120 valence electrons. The van der Waals surface area contributed by atoms with Crippen LogP contribution in [0.25, 0.3) is 6.08 Å². The molecule has 1 aliphatic heterocycles. The fraction of sp³-hybridized carbons (Fsp3) is 0.500. The van der Waals surface area contributed by atoms with Gasteiger partial charge in [-0.25, -0.2) is 4.39 Å². The first-order valence-corrected chi connectivity index (χ1v) is 7.45. The number of hydrogen-bond donors (Lipinski definition) is 2. The van der Waals surface area contributed by atoms with Gasteiger partial charge in [-0.3, -0.25) is 0 Å². The molecule has 6 heteroatoms. The quantitative estimate of drug-likeness (QED) is 0.837. The average molecular weight is 306 g/mol. The van der Waals surface area contributed by atoms with Gasteiger partial charge in [0, 0.05) is 18.7 Å². The SMILES string of the molecule is CC1(C)OB(C(=Cc2cc(CN)ccc2F)CN)OC1(C)C. The van der Waals surface area contributed by atoms with E-state index in [1.54, 1.807) is 18.2 Å². The van der Waals surface area contributed by atoms with Crippen molar-refractivity contribution >= 4 is 13.2 Å². The minimum atomic E-state index is -0.573. The van der Waals surface area contributed by atoms with Crippen LogP contribution in [0.5, 0.6) is 0 Å². The van der Waals surface area contributed by atoms with E-state index in [9.17, 15) is 4.39 Å². The molecule has 0 spiro atoms. The van der Waals surface area contributed by atoms with Crippen molar-refractivity contribution in [2.24, 2.45) is 11.5 Å². The Bertz CT molecular complexity index is 572. The Morgan fingerprint density at radius 1 is 1.18 bits per heavy atom. The molecule has 2 rings (SSSR count). The van der Waals surface area contributed by atoms with E-state index in [1.165, 1.54) is 6.07 Å². The van der Waals surface area contributed by atoms with Crippen molar-refractivity contribution in [2.45, 2.75) is 45.4 Å². The van der Waals surface area contributed by atoms with Crippen molar-refractivity contribution < 1.29 is 13.7 Å². The lowest BCUT2D eigenvalue weighted by molar-refractivity contribution is 0.00578. The highest BCUT2D eigenvalue weighted by Crippen LogP contribution is 2.38. The van der Waals surface area contributed by atoms with Gasteiger partial charge < -0.3 is 20.8 Å². The van der Waals surface area contributed by atoms with Gasteiger partial charge in [-0.05, 0) is 50.9 Å². The molecule has 1 saturated heterocycles.